The summed E-state index contributed by atoms with van der Waals surface area (Å²) in [6, 6.07) is 0. The van der Waals surface area contributed by atoms with E-state index in [-0.39, 0.29) is 5.78 Å². The van der Waals surface area contributed by atoms with Crippen LogP contribution in [-0.4, -0.2) is 16.5 Å². The molecule has 0 aromatic carbocycles. The van der Waals surface area contributed by atoms with Crippen LogP contribution in [0, 0.1) is 0 Å². The largest absolute Gasteiger partial charge is 0.382 e. The van der Waals surface area contributed by atoms with Gasteiger partial charge in [0, 0.05) is 5.57 Å². The highest BCUT2D eigenvalue weighted by Crippen LogP contribution is 2.12. The predicted molar refractivity (Wildman–Crippen MR) is 59.0 cm³/mol. The van der Waals surface area contributed by atoms with Crippen molar-refractivity contribution in [3.05, 3.63) is 36.0 Å². The average Bonchev–Trinajstić information content (AvgIpc) is 2.09. The van der Waals surface area contributed by atoms with E-state index in [4.69, 9.17) is 0 Å². The molecule has 0 bridgehead atoms. The minimum Gasteiger partial charge on any atom is -0.382 e. The molecule has 0 saturated heterocycles. The molecule has 0 aromatic heterocycles. The van der Waals surface area contributed by atoms with Crippen LogP contribution in [-0.2, 0) is 4.79 Å². The molecule has 0 atom stereocenters. The Hall–Kier alpha value is -1.15. The quantitative estimate of drug-likeness (QED) is 0.551. The van der Waals surface area contributed by atoms with Crippen LogP contribution in [0.2, 0.25) is 0 Å². The Balaban J connectivity index is 4.94. The van der Waals surface area contributed by atoms with Gasteiger partial charge in [-0.15, -0.1) is 0 Å². The van der Waals surface area contributed by atoms with Crippen LogP contribution in [0.5, 0.6) is 0 Å². The van der Waals surface area contributed by atoms with Crippen molar-refractivity contribution in [1.29, 1.82) is 0 Å². The monoisotopic (exact) mass is 194 g/mol. The van der Waals surface area contributed by atoms with Crippen molar-refractivity contribution in [3.8, 4) is 0 Å². The van der Waals surface area contributed by atoms with Gasteiger partial charge in [-0.05, 0) is 27.7 Å². The topological polar surface area (TPSA) is 37.3 Å². The number of ketones is 1. The first-order valence-electron chi connectivity index (χ1n) is 4.66. The van der Waals surface area contributed by atoms with Gasteiger partial charge in [0.2, 0.25) is 0 Å². The predicted octanol–water partition coefficient (Wildman–Crippen LogP) is 2.41. The van der Waals surface area contributed by atoms with Crippen molar-refractivity contribution in [2.75, 3.05) is 0 Å². The molecule has 0 spiro atoms. The molecular formula is C12H18O2. The number of aliphatic hydroxyl groups is 1. The van der Waals surface area contributed by atoms with Gasteiger partial charge in [0.25, 0.3) is 0 Å². The van der Waals surface area contributed by atoms with Crippen molar-refractivity contribution in [2.24, 2.45) is 0 Å². The normalized spacial score (nSPS) is 14.2. The van der Waals surface area contributed by atoms with Gasteiger partial charge >= 0.3 is 0 Å². The number of carbonyl (C=O) groups is 1. The second-order valence-corrected chi connectivity index (χ2v) is 3.54. The van der Waals surface area contributed by atoms with E-state index in [1.807, 2.05) is 19.9 Å². The first kappa shape index (κ1) is 12.8. The third-order valence-corrected chi connectivity index (χ3v) is 1.63. The summed E-state index contributed by atoms with van der Waals surface area (Å²) in [4.78, 5) is 11.7. The zero-order valence-corrected chi connectivity index (χ0v) is 9.24. The van der Waals surface area contributed by atoms with Gasteiger partial charge in [-0.1, -0.05) is 30.4 Å². The van der Waals surface area contributed by atoms with Crippen molar-refractivity contribution in [3.63, 3.8) is 0 Å². The zero-order valence-electron chi connectivity index (χ0n) is 9.24. The van der Waals surface area contributed by atoms with Gasteiger partial charge in [0.05, 0.1) is 0 Å². The molecule has 0 heterocycles. The van der Waals surface area contributed by atoms with Gasteiger partial charge in [-0.2, -0.15) is 0 Å². The van der Waals surface area contributed by atoms with E-state index < -0.39 is 5.60 Å². The fourth-order valence-corrected chi connectivity index (χ4v) is 0.940. The van der Waals surface area contributed by atoms with E-state index in [0.717, 1.165) is 0 Å². The number of Topliss-reactive ketones (excluding diaryl/α,β-unsaturated/α-hetero) is 1. The lowest BCUT2D eigenvalue weighted by Crippen LogP contribution is -2.31. The Labute approximate surface area is 85.6 Å². The van der Waals surface area contributed by atoms with Crippen LogP contribution < -0.4 is 0 Å². The maximum atomic E-state index is 11.7. The first-order chi connectivity index (χ1) is 6.43. The second-order valence-electron chi connectivity index (χ2n) is 3.54. The van der Waals surface area contributed by atoms with Crippen LogP contribution >= 0.6 is 0 Å². The molecule has 0 unspecified atom stereocenters. The fraction of sp³-hybridized carbons (Fsp3) is 0.417. The number of hydrogen-bond donors (Lipinski definition) is 1. The fourth-order valence-electron chi connectivity index (χ4n) is 0.940. The van der Waals surface area contributed by atoms with E-state index >= 15 is 0 Å². The van der Waals surface area contributed by atoms with E-state index in [9.17, 15) is 9.90 Å². The van der Waals surface area contributed by atoms with Gasteiger partial charge in [0.1, 0.15) is 5.60 Å². The summed E-state index contributed by atoms with van der Waals surface area (Å²) in [5.74, 6) is -0.270. The van der Waals surface area contributed by atoms with E-state index in [0.29, 0.717) is 5.57 Å². The molecule has 0 fully saturated rings. The molecule has 2 nitrogen and oxygen atoms in total. The van der Waals surface area contributed by atoms with Gasteiger partial charge in [0.15, 0.2) is 5.78 Å². The summed E-state index contributed by atoms with van der Waals surface area (Å²) in [6.45, 7) is 6.68. The Kier molecular flexibility index (Phi) is 5.10. The standard InChI is InChI=1S/C12H18O2/c1-5-7-9-10(8-6-2)11(13)12(3,4)14/h5-9,14H,1-4H3/b7-5+,8-6-,10-9+. The number of rotatable bonds is 4. The summed E-state index contributed by atoms with van der Waals surface area (Å²) in [7, 11) is 0. The molecule has 78 valence electrons. The Morgan fingerprint density at radius 3 is 2.14 bits per heavy atom. The number of carbonyl (C=O) groups excluding carboxylic acids is 1. The lowest BCUT2D eigenvalue weighted by molar-refractivity contribution is -0.129. The highest BCUT2D eigenvalue weighted by Gasteiger charge is 2.25. The molecule has 0 aromatic rings. The van der Waals surface area contributed by atoms with Crippen LogP contribution in [0.4, 0.5) is 0 Å². The molecule has 1 N–H and O–H groups in total. The molecule has 0 aliphatic rings. The van der Waals surface area contributed by atoms with Crippen LogP contribution in [0.25, 0.3) is 0 Å². The van der Waals surface area contributed by atoms with E-state index in [1.54, 1.807) is 24.3 Å². The van der Waals surface area contributed by atoms with Gasteiger partial charge in [-0.25, -0.2) is 0 Å². The Morgan fingerprint density at radius 1 is 1.21 bits per heavy atom. The third kappa shape index (κ3) is 4.19. The molecule has 14 heavy (non-hydrogen) atoms. The number of allylic oxidation sites excluding steroid dienone is 5. The van der Waals surface area contributed by atoms with Crippen molar-refractivity contribution < 1.29 is 9.90 Å². The average molecular weight is 194 g/mol. The van der Waals surface area contributed by atoms with Crippen molar-refractivity contribution in [1.82, 2.24) is 0 Å². The molecule has 0 aliphatic carbocycles. The van der Waals surface area contributed by atoms with E-state index in [1.165, 1.54) is 13.8 Å². The summed E-state index contributed by atoms with van der Waals surface area (Å²) >= 11 is 0. The summed E-state index contributed by atoms with van der Waals surface area (Å²) < 4.78 is 0. The Morgan fingerprint density at radius 2 is 1.79 bits per heavy atom. The summed E-state index contributed by atoms with van der Waals surface area (Å²) in [5.41, 5.74) is -0.800. The minimum absolute atomic E-state index is 0.270. The maximum Gasteiger partial charge on any atom is 0.193 e. The number of hydrogen-bond acceptors (Lipinski definition) is 2. The molecule has 0 saturated carbocycles. The molecule has 0 radical (unpaired) electrons. The van der Waals surface area contributed by atoms with Crippen LogP contribution in [0.1, 0.15) is 27.7 Å². The van der Waals surface area contributed by atoms with Crippen molar-refractivity contribution in [2.45, 2.75) is 33.3 Å². The lowest BCUT2D eigenvalue weighted by Gasteiger charge is -2.15. The minimum atomic E-state index is -1.31. The SMILES string of the molecule is C\C=C/C(=C\C=C\C)C(=O)C(C)(C)O. The molecule has 2 heteroatoms. The van der Waals surface area contributed by atoms with Gasteiger partial charge in [-0.3, -0.25) is 4.79 Å². The smallest absolute Gasteiger partial charge is 0.193 e. The van der Waals surface area contributed by atoms with Crippen LogP contribution in [0.3, 0.4) is 0 Å². The zero-order chi connectivity index (χ0) is 11.2. The molecular weight excluding hydrogens is 176 g/mol. The molecule has 0 aliphatic heterocycles. The Bertz CT molecular complexity index is 275. The first-order valence-corrected chi connectivity index (χ1v) is 4.66. The summed E-state index contributed by atoms with van der Waals surface area (Å²) in [6.07, 6.45) is 8.78. The van der Waals surface area contributed by atoms with E-state index in [2.05, 4.69) is 0 Å². The highest BCUT2D eigenvalue weighted by atomic mass is 16.3. The van der Waals surface area contributed by atoms with Crippen LogP contribution in [0.15, 0.2) is 36.0 Å². The van der Waals surface area contributed by atoms with Crippen molar-refractivity contribution >= 4 is 5.78 Å². The highest BCUT2D eigenvalue weighted by molar-refractivity contribution is 6.03. The third-order valence-electron chi connectivity index (χ3n) is 1.63. The summed E-state index contributed by atoms with van der Waals surface area (Å²) in [5, 5.41) is 9.53. The second kappa shape index (κ2) is 5.55. The maximum absolute atomic E-state index is 11.7. The molecule has 0 amide bonds. The lowest BCUT2D eigenvalue weighted by atomic mass is 9.96. The van der Waals surface area contributed by atoms with Gasteiger partial charge < -0.3 is 5.11 Å². The molecule has 0 rings (SSSR count).